The quantitative estimate of drug-likeness (QED) is 0.431. The van der Waals surface area contributed by atoms with E-state index in [4.69, 9.17) is 16.6 Å². The molecule has 0 radical (unpaired) electrons. The van der Waals surface area contributed by atoms with Crippen LogP contribution in [0.4, 0.5) is 11.8 Å². The summed E-state index contributed by atoms with van der Waals surface area (Å²) in [4.78, 5) is 3.74. The SMILES string of the molecule is Nc1cn(NCCO)c(N)n1. The van der Waals surface area contributed by atoms with Crippen molar-refractivity contribution in [3.8, 4) is 0 Å². The molecular weight excluding hydrogens is 146 g/mol. The van der Waals surface area contributed by atoms with E-state index in [0.717, 1.165) is 0 Å². The standard InChI is InChI=1S/C5H11N5O/c6-4-3-10(5(7)9-4)8-1-2-11/h3,8,11H,1-2,6H2,(H2,7,9). The molecule has 6 nitrogen and oxygen atoms in total. The average molecular weight is 157 g/mol. The number of nitrogen functional groups attached to an aromatic ring is 2. The van der Waals surface area contributed by atoms with Gasteiger partial charge in [0.2, 0.25) is 5.95 Å². The van der Waals surface area contributed by atoms with E-state index < -0.39 is 0 Å². The Morgan fingerprint density at radius 2 is 2.36 bits per heavy atom. The van der Waals surface area contributed by atoms with Gasteiger partial charge in [-0.25, -0.2) is 4.68 Å². The van der Waals surface area contributed by atoms with E-state index >= 15 is 0 Å². The number of nitrogens with zero attached hydrogens (tertiary/aromatic N) is 2. The Morgan fingerprint density at radius 1 is 1.64 bits per heavy atom. The molecular formula is C5H11N5O. The Labute approximate surface area is 63.8 Å². The maximum Gasteiger partial charge on any atom is 0.221 e. The highest BCUT2D eigenvalue weighted by Crippen LogP contribution is 2.02. The number of aliphatic hydroxyl groups excluding tert-OH is 1. The zero-order valence-electron chi connectivity index (χ0n) is 5.99. The highest BCUT2D eigenvalue weighted by Gasteiger charge is 1.98. The highest BCUT2D eigenvalue weighted by atomic mass is 16.3. The van der Waals surface area contributed by atoms with Gasteiger partial charge in [-0.15, -0.1) is 0 Å². The average Bonchev–Trinajstić information content (AvgIpc) is 2.26. The van der Waals surface area contributed by atoms with E-state index in [9.17, 15) is 0 Å². The number of imidazole rings is 1. The number of nitrogens with two attached hydrogens (primary N) is 2. The molecule has 0 aliphatic rings. The Bertz CT molecular complexity index is 233. The van der Waals surface area contributed by atoms with Crippen LogP contribution in [-0.4, -0.2) is 27.9 Å². The van der Waals surface area contributed by atoms with E-state index in [-0.39, 0.29) is 12.6 Å². The van der Waals surface area contributed by atoms with Gasteiger partial charge >= 0.3 is 0 Å². The molecule has 6 heteroatoms. The highest BCUT2D eigenvalue weighted by molar-refractivity contribution is 5.35. The minimum Gasteiger partial charge on any atom is -0.394 e. The minimum absolute atomic E-state index is 0.0392. The van der Waals surface area contributed by atoms with Gasteiger partial charge in [-0.2, -0.15) is 4.98 Å². The van der Waals surface area contributed by atoms with Gasteiger partial charge in [0.15, 0.2) is 0 Å². The van der Waals surface area contributed by atoms with Crippen LogP contribution in [0.15, 0.2) is 6.20 Å². The van der Waals surface area contributed by atoms with Crippen LogP contribution >= 0.6 is 0 Å². The van der Waals surface area contributed by atoms with Gasteiger partial charge in [-0.05, 0) is 0 Å². The van der Waals surface area contributed by atoms with Crippen LogP contribution in [0.3, 0.4) is 0 Å². The number of anilines is 2. The molecule has 1 heterocycles. The van der Waals surface area contributed by atoms with Crippen molar-refractivity contribution in [2.45, 2.75) is 0 Å². The van der Waals surface area contributed by atoms with Crippen molar-refractivity contribution in [1.82, 2.24) is 9.66 Å². The molecule has 0 bridgehead atoms. The topological polar surface area (TPSA) is 102 Å². The fraction of sp³-hybridized carbons (Fsp3) is 0.400. The van der Waals surface area contributed by atoms with Crippen LogP contribution < -0.4 is 16.9 Å². The molecule has 0 aromatic carbocycles. The van der Waals surface area contributed by atoms with Gasteiger partial charge in [-0.1, -0.05) is 0 Å². The number of aliphatic hydroxyl groups is 1. The van der Waals surface area contributed by atoms with E-state index in [0.29, 0.717) is 12.4 Å². The van der Waals surface area contributed by atoms with Crippen LogP contribution in [0.1, 0.15) is 0 Å². The van der Waals surface area contributed by atoms with Gasteiger partial charge < -0.3 is 22.0 Å². The van der Waals surface area contributed by atoms with Gasteiger partial charge in [0.25, 0.3) is 0 Å². The Balaban J connectivity index is 2.62. The van der Waals surface area contributed by atoms with Gasteiger partial charge in [0, 0.05) is 0 Å². The van der Waals surface area contributed by atoms with Crippen molar-refractivity contribution in [1.29, 1.82) is 0 Å². The van der Waals surface area contributed by atoms with Crippen LogP contribution in [0.25, 0.3) is 0 Å². The summed E-state index contributed by atoms with van der Waals surface area (Å²) < 4.78 is 1.46. The van der Waals surface area contributed by atoms with E-state index in [1.165, 1.54) is 4.68 Å². The molecule has 0 saturated heterocycles. The van der Waals surface area contributed by atoms with Crippen LogP contribution in [0, 0.1) is 0 Å². The normalized spacial score (nSPS) is 9.91. The van der Waals surface area contributed by atoms with Crippen molar-refractivity contribution in [2.24, 2.45) is 0 Å². The third-order valence-corrected chi connectivity index (χ3v) is 1.15. The van der Waals surface area contributed by atoms with Crippen molar-refractivity contribution < 1.29 is 5.11 Å². The van der Waals surface area contributed by atoms with E-state index in [2.05, 4.69) is 10.4 Å². The summed E-state index contributed by atoms with van der Waals surface area (Å²) in [5.41, 5.74) is 13.5. The number of nitrogens with one attached hydrogen (secondary N) is 1. The largest absolute Gasteiger partial charge is 0.394 e. The van der Waals surface area contributed by atoms with Crippen molar-refractivity contribution in [3.63, 3.8) is 0 Å². The predicted octanol–water partition coefficient (Wildman–Crippen LogP) is -1.42. The summed E-state index contributed by atoms with van der Waals surface area (Å²) in [5.74, 6) is 0.642. The fourth-order valence-electron chi connectivity index (χ4n) is 0.711. The molecule has 0 atom stereocenters. The van der Waals surface area contributed by atoms with Crippen molar-refractivity contribution in [2.75, 3.05) is 30.0 Å². The number of rotatable bonds is 3. The second-order valence-electron chi connectivity index (χ2n) is 2.03. The molecule has 11 heavy (non-hydrogen) atoms. The second kappa shape index (κ2) is 3.11. The third kappa shape index (κ3) is 1.74. The number of hydrogen-bond acceptors (Lipinski definition) is 5. The summed E-state index contributed by atoms with van der Waals surface area (Å²) >= 11 is 0. The van der Waals surface area contributed by atoms with Crippen molar-refractivity contribution in [3.05, 3.63) is 6.20 Å². The van der Waals surface area contributed by atoms with Crippen LogP contribution in [0.2, 0.25) is 0 Å². The molecule has 0 fully saturated rings. The zero-order chi connectivity index (χ0) is 8.27. The summed E-state index contributed by atoms with van der Waals surface area (Å²) in [6.07, 6.45) is 1.55. The molecule has 0 saturated carbocycles. The second-order valence-corrected chi connectivity index (χ2v) is 2.03. The molecule has 1 rings (SSSR count). The van der Waals surface area contributed by atoms with E-state index in [1.54, 1.807) is 6.20 Å². The molecule has 0 aliphatic carbocycles. The first kappa shape index (κ1) is 7.67. The molecule has 0 unspecified atom stereocenters. The summed E-state index contributed by atoms with van der Waals surface area (Å²) in [6.45, 7) is 0.456. The van der Waals surface area contributed by atoms with Gasteiger partial charge in [-0.3, -0.25) is 0 Å². The van der Waals surface area contributed by atoms with Crippen LogP contribution in [-0.2, 0) is 0 Å². The molecule has 0 spiro atoms. The lowest BCUT2D eigenvalue weighted by Crippen LogP contribution is -2.19. The first-order valence-corrected chi connectivity index (χ1v) is 3.19. The van der Waals surface area contributed by atoms with Crippen LogP contribution in [0.5, 0.6) is 0 Å². The Kier molecular flexibility index (Phi) is 2.17. The third-order valence-electron chi connectivity index (χ3n) is 1.15. The lowest BCUT2D eigenvalue weighted by molar-refractivity contribution is 0.307. The summed E-state index contributed by atoms with van der Waals surface area (Å²) in [5, 5.41) is 8.46. The summed E-state index contributed by atoms with van der Waals surface area (Å²) in [7, 11) is 0. The maximum atomic E-state index is 8.46. The maximum absolute atomic E-state index is 8.46. The van der Waals surface area contributed by atoms with E-state index in [1.807, 2.05) is 0 Å². The zero-order valence-corrected chi connectivity index (χ0v) is 5.99. The van der Waals surface area contributed by atoms with Gasteiger partial charge in [0.1, 0.15) is 5.82 Å². The lowest BCUT2D eigenvalue weighted by atomic mass is 10.7. The first-order valence-electron chi connectivity index (χ1n) is 3.19. The van der Waals surface area contributed by atoms with Gasteiger partial charge in [0.05, 0.1) is 19.3 Å². The lowest BCUT2D eigenvalue weighted by Gasteiger charge is -2.04. The van der Waals surface area contributed by atoms with Crippen molar-refractivity contribution >= 4 is 11.8 Å². The summed E-state index contributed by atoms with van der Waals surface area (Å²) in [6, 6.07) is 0. The molecule has 62 valence electrons. The Hall–Kier alpha value is -1.43. The first-order chi connectivity index (χ1) is 5.24. The number of hydrogen-bond donors (Lipinski definition) is 4. The molecule has 1 aromatic heterocycles. The molecule has 6 N–H and O–H groups in total. The molecule has 0 amide bonds. The molecule has 1 aromatic rings. The monoisotopic (exact) mass is 157 g/mol. The number of aromatic nitrogens is 2. The fourth-order valence-corrected chi connectivity index (χ4v) is 0.711. The Morgan fingerprint density at radius 3 is 2.82 bits per heavy atom. The smallest absolute Gasteiger partial charge is 0.221 e. The minimum atomic E-state index is 0.0392. The predicted molar refractivity (Wildman–Crippen MR) is 42.4 cm³/mol. The molecule has 0 aliphatic heterocycles.